The second-order valence-electron chi connectivity index (χ2n) is 5.07. The third-order valence-electron chi connectivity index (χ3n) is 3.02. The Morgan fingerprint density at radius 2 is 1.76 bits per heavy atom. The normalized spacial score (nSPS) is 10.9. The lowest BCUT2D eigenvalue weighted by Crippen LogP contribution is -2.21. The first kappa shape index (κ1) is 16.4. The number of benzene rings is 2. The third-order valence-corrected chi connectivity index (χ3v) is 4.76. The molecule has 2 aromatic carbocycles. The highest BCUT2D eigenvalue weighted by atomic mass is 79.9. The molecule has 0 aromatic heterocycles. The van der Waals surface area contributed by atoms with Crippen LogP contribution in [0, 0.1) is 0 Å². The number of hydrogen-bond donors (Lipinski definition) is 1. The molecule has 0 amide bonds. The molecule has 0 fully saturated rings. The van der Waals surface area contributed by atoms with Crippen LogP contribution in [-0.2, 0) is 6.54 Å². The van der Waals surface area contributed by atoms with Gasteiger partial charge in [0.05, 0.1) is 7.11 Å². The zero-order valence-electron chi connectivity index (χ0n) is 12.5. The minimum absolute atomic E-state index is 0.491. The van der Waals surface area contributed by atoms with Gasteiger partial charge >= 0.3 is 0 Å². The van der Waals surface area contributed by atoms with Crippen molar-refractivity contribution in [3.05, 3.63) is 52.5 Å². The summed E-state index contributed by atoms with van der Waals surface area (Å²) in [6.07, 6.45) is 0. The third kappa shape index (κ3) is 5.06. The molecule has 0 spiro atoms. The lowest BCUT2D eigenvalue weighted by molar-refractivity contribution is 0.414. The summed E-state index contributed by atoms with van der Waals surface area (Å²) in [5.74, 6) is 0.885. The lowest BCUT2D eigenvalue weighted by Gasteiger charge is -2.11. The predicted molar refractivity (Wildman–Crippen MR) is 93.2 cm³/mol. The maximum Gasteiger partial charge on any atom is 0.118 e. The Hall–Kier alpha value is -0.970. The fraction of sp³-hybridized carbons (Fsp3) is 0.294. The first-order valence-corrected chi connectivity index (χ1v) is 8.53. The summed E-state index contributed by atoms with van der Waals surface area (Å²) < 4.78 is 6.32. The fourth-order valence-electron chi connectivity index (χ4n) is 1.83. The van der Waals surface area contributed by atoms with Gasteiger partial charge in [-0.2, -0.15) is 0 Å². The Balaban J connectivity index is 2.05. The maximum absolute atomic E-state index is 5.18. The predicted octanol–water partition coefficient (Wildman–Crippen LogP) is 5.11. The first-order valence-electron chi connectivity index (χ1n) is 6.92. The Labute approximate surface area is 139 Å². The van der Waals surface area contributed by atoms with Gasteiger partial charge in [0.2, 0.25) is 0 Å². The molecule has 0 atom stereocenters. The quantitative estimate of drug-likeness (QED) is 0.768. The van der Waals surface area contributed by atoms with Gasteiger partial charge < -0.3 is 10.1 Å². The highest BCUT2D eigenvalue weighted by molar-refractivity contribution is 9.10. The number of ether oxygens (including phenoxy) is 1. The van der Waals surface area contributed by atoms with Crippen molar-refractivity contribution in [2.24, 2.45) is 0 Å². The van der Waals surface area contributed by atoms with E-state index in [-0.39, 0.29) is 0 Å². The Morgan fingerprint density at radius 1 is 1.10 bits per heavy atom. The summed E-state index contributed by atoms with van der Waals surface area (Å²) in [7, 11) is 1.68. The number of hydrogen-bond acceptors (Lipinski definition) is 3. The molecule has 0 aliphatic rings. The molecule has 0 heterocycles. The molecule has 0 aliphatic heterocycles. The molecule has 112 valence electrons. The molecular weight excluding hydrogens is 346 g/mol. The van der Waals surface area contributed by atoms with Crippen LogP contribution in [0.2, 0.25) is 0 Å². The average molecular weight is 366 g/mol. The van der Waals surface area contributed by atoms with Crippen molar-refractivity contribution in [3.63, 3.8) is 0 Å². The van der Waals surface area contributed by atoms with E-state index in [2.05, 4.69) is 65.4 Å². The standard InChI is InChI=1S/C17H20BrNOS/c1-12(2)19-11-13-4-7-16(10-17(13)18)21-15-8-5-14(20-3)6-9-15/h4-10,12,19H,11H2,1-3H3. The molecule has 0 saturated carbocycles. The van der Waals surface area contributed by atoms with Gasteiger partial charge in [-0.15, -0.1) is 0 Å². The fourth-order valence-corrected chi connectivity index (χ4v) is 3.36. The van der Waals surface area contributed by atoms with E-state index in [0.29, 0.717) is 6.04 Å². The van der Waals surface area contributed by atoms with Gasteiger partial charge in [-0.3, -0.25) is 0 Å². The molecule has 0 aliphatic carbocycles. The van der Waals surface area contributed by atoms with Crippen LogP contribution < -0.4 is 10.1 Å². The van der Waals surface area contributed by atoms with Crippen LogP contribution in [0.1, 0.15) is 19.4 Å². The van der Waals surface area contributed by atoms with Crippen LogP contribution in [0.5, 0.6) is 5.75 Å². The lowest BCUT2D eigenvalue weighted by atomic mass is 10.2. The summed E-state index contributed by atoms with van der Waals surface area (Å²) in [4.78, 5) is 2.43. The molecule has 2 aromatic rings. The van der Waals surface area contributed by atoms with E-state index in [9.17, 15) is 0 Å². The summed E-state index contributed by atoms with van der Waals surface area (Å²) in [5, 5.41) is 3.43. The van der Waals surface area contributed by atoms with Crippen LogP contribution >= 0.6 is 27.7 Å². The Kier molecular flexibility index (Phi) is 6.15. The summed E-state index contributed by atoms with van der Waals surface area (Å²) in [6, 6.07) is 15.1. The van der Waals surface area contributed by atoms with Crippen LogP contribution in [0.15, 0.2) is 56.7 Å². The minimum Gasteiger partial charge on any atom is -0.497 e. The van der Waals surface area contributed by atoms with Gasteiger partial charge in [0, 0.05) is 26.9 Å². The minimum atomic E-state index is 0.491. The molecule has 1 N–H and O–H groups in total. The van der Waals surface area contributed by atoms with Crippen molar-refractivity contribution in [2.45, 2.75) is 36.2 Å². The monoisotopic (exact) mass is 365 g/mol. The van der Waals surface area contributed by atoms with E-state index in [1.807, 2.05) is 12.1 Å². The second-order valence-corrected chi connectivity index (χ2v) is 7.07. The maximum atomic E-state index is 5.18. The van der Waals surface area contributed by atoms with Crippen LogP contribution in [0.25, 0.3) is 0 Å². The van der Waals surface area contributed by atoms with Crippen LogP contribution in [0.3, 0.4) is 0 Å². The molecule has 2 rings (SSSR count). The SMILES string of the molecule is COc1ccc(Sc2ccc(CNC(C)C)c(Br)c2)cc1. The zero-order valence-corrected chi connectivity index (χ0v) is 14.9. The van der Waals surface area contributed by atoms with Gasteiger partial charge in [0.25, 0.3) is 0 Å². The van der Waals surface area contributed by atoms with E-state index in [4.69, 9.17) is 4.74 Å². The largest absolute Gasteiger partial charge is 0.497 e. The summed E-state index contributed by atoms with van der Waals surface area (Å²) in [6.45, 7) is 5.19. The Morgan fingerprint density at radius 3 is 2.33 bits per heavy atom. The van der Waals surface area contributed by atoms with E-state index in [0.717, 1.165) is 16.8 Å². The molecule has 21 heavy (non-hydrogen) atoms. The van der Waals surface area contributed by atoms with E-state index in [1.165, 1.54) is 15.4 Å². The molecule has 0 radical (unpaired) electrons. The topological polar surface area (TPSA) is 21.3 Å². The van der Waals surface area contributed by atoms with Crippen LogP contribution in [-0.4, -0.2) is 13.2 Å². The van der Waals surface area contributed by atoms with Crippen molar-refractivity contribution in [2.75, 3.05) is 7.11 Å². The number of halogens is 1. The summed E-state index contributed by atoms with van der Waals surface area (Å²) >= 11 is 5.41. The molecule has 4 heteroatoms. The van der Waals surface area contributed by atoms with Crippen molar-refractivity contribution in [3.8, 4) is 5.75 Å². The zero-order chi connectivity index (χ0) is 15.2. The molecule has 0 saturated heterocycles. The molecular formula is C17H20BrNOS. The highest BCUT2D eigenvalue weighted by Gasteiger charge is 2.04. The van der Waals surface area contributed by atoms with Gasteiger partial charge in [0.1, 0.15) is 5.75 Å². The van der Waals surface area contributed by atoms with Crippen molar-refractivity contribution in [1.29, 1.82) is 0 Å². The van der Waals surface area contributed by atoms with Crippen molar-refractivity contribution < 1.29 is 4.74 Å². The molecule has 0 bridgehead atoms. The molecule has 2 nitrogen and oxygen atoms in total. The second kappa shape index (κ2) is 7.87. The molecule has 0 unspecified atom stereocenters. The van der Waals surface area contributed by atoms with Crippen LogP contribution in [0.4, 0.5) is 0 Å². The number of nitrogens with one attached hydrogen (secondary N) is 1. The highest BCUT2D eigenvalue weighted by Crippen LogP contribution is 2.32. The van der Waals surface area contributed by atoms with E-state index >= 15 is 0 Å². The number of rotatable bonds is 6. The van der Waals surface area contributed by atoms with Gasteiger partial charge in [-0.1, -0.05) is 47.6 Å². The van der Waals surface area contributed by atoms with Crippen molar-refractivity contribution in [1.82, 2.24) is 5.32 Å². The van der Waals surface area contributed by atoms with Crippen molar-refractivity contribution >= 4 is 27.7 Å². The summed E-state index contributed by atoms with van der Waals surface area (Å²) in [5.41, 5.74) is 1.28. The van der Waals surface area contributed by atoms with Gasteiger partial charge in [-0.05, 0) is 42.0 Å². The van der Waals surface area contributed by atoms with Gasteiger partial charge in [-0.25, -0.2) is 0 Å². The number of methoxy groups -OCH3 is 1. The average Bonchev–Trinajstić information content (AvgIpc) is 2.47. The Bertz CT molecular complexity index is 584. The first-order chi connectivity index (χ1) is 10.1. The van der Waals surface area contributed by atoms with E-state index in [1.54, 1.807) is 18.9 Å². The van der Waals surface area contributed by atoms with Gasteiger partial charge in [0.15, 0.2) is 0 Å². The van der Waals surface area contributed by atoms with E-state index < -0.39 is 0 Å². The smallest absolute Gasteiger partial charge is 0.118 e.